The second-order valence-corrected chi connectivity index (χ2v) is 8.89. The van der Waals surface area contributed by atoms with Crippen LogP contribution >= 0.6 is 22.9 Å². The molecular formula is C24H21ClN2O3S. The van der Waals surface area contributed by atoms with Crippen molar-refractivity contribution < 1.29 is 13.9 Å². The van der Waals surface area contributed by atoms with Gasteiger partial charge in [-0.25, -0.2) is 9.98 Å². The average molecular weight is 453 g/mol. The van der Waals surface area contributed by atoms with E-state index in [9.17, 15) is 0 Å². The lowest BCUT2D eigenvalue weighted by Crippen LogP contribution is -2.03. The van der Waals surface area contributed by atoms with Crippen molar-refractivity contribution in [1.82, 2.24) is 4.98 Å². The summed E-state index contributed by atoms with van der Waals surface area (Å²) in [5, 5.41) is 3.04. The van der Waals surface area contributed by atoms with Gasteiger partial charge in [0.2, 0.25) is 5.13 Å². The fourth-order valence-electron chi connectivity index (χ4n) is 3.85. The van der Waals surface area contributed by atoms with Crippen molar-refractivity contribution in [3.63, 3.8) is 0 Å². The van der Waals surface area contributed by atoms with Gasteiger partial charge in [-0.1, -0.05) is 22.9 Å². The summed E-state index contributed by atoms with van der Waals surface area (Å²) in [7, 11) is 3.23. The van der Waals surface area contributed by atoms with Gasteiger partial charge in [0.05, 0.1) is 25.3 Å². The van der Waals surface area contributed by atoms with Gasteiger partial charge < -0.3 is 13.9 Å². The molecule has 2 aromatic heterocycles. The van der Waals surface area contributed by atoms with E-state index >= 15 is 0 Å². The van der Waals surface area contributed by atoms with Crippen LogP contribution in [0.3, 0.4) is 0 Å². The second-order valence-electron chi connectivity index (χ2n) is 7.39. The third kappa shape index (κ3) is 3.93. The molecule has 0 saturated heterocycles. The van der Waals surface area contributed by atoms with E-state index < -0.39 is 0 Å². The molecule has 5 nitrogen and oxygen atoms in total. The number of benzene rings is 2. The van der Waals surface area contributed by atoms with Gasteiger partial charge in [0.1, 0.15) is 11.3 Å². The Labute approximate surface area is 189 Å². The summed E-state index contributed by atoms with van der Waals surface area (Å²) in [6.45, 7) is 0. The molecular weight excluding hydrogens is 432 g/mol. The molecule has 2 heterocycles. The highest BCUT2D eigenvalue weighted by molar-refractivity contribution is 7.15. The van der Waals surface area contributed by atoms with Crippen molar-refractivity contribution >= 4 is 39.0 Å². The standard InChI is InChI=1S/C24H21ClN2O3S/c1-28-20-9-7-14(11-22(20)29-2)21-13-18(16-12-15(25)8-10-19(16)30-21)27-24-26-17-5-3-4-6-23(17)31-24/h7-13H,3-6H2,1-2H3. The molecule has 0 radical (unpaired) electrons. The summed E-state index contributed by atoms with van der Waals surface area (Å²) in [5.74, 6) is 1.98. The number of rotatable bonds is 4. The lowest BCUT2D eigenvalue weighted by atomic mass is 10.0. The van der Waals surface area contributed by atoms with Crippen molar-refractivity contribution in [1.29, 1.82) is 0 Å². The minimum Gasteiger partial charge on any atom is -0.493 e. The summed E-state index contributed by atoms with van der Waals surface area (Å²) in [5.41, 5.74) is 2.76. The summed E-state index contributed by atoms with van der Waals surface area (Å²) in [4.78, 5) is 11.0. The van der Waals surface area contributed by atoms with Crippen LogP contribution in [0.2, 0.25) is 5.02 Å². The molecule has 0 saturated carbocycles. The van der Waals surface area contributed by atoms with Crippen molar-refractivity contribution in [2.45, 2.75) is 25.7 Å². The van der Waals surface area contributed by atoms with Crippen molar-refractivity contribution in [3.05, 3.63) is 63.4 Å². The third-order valence-electron chi connectivity index (χ3n) is 5.42. The maximum absolute atomic E-state index is 6.28. The van der Waals surface area contributed by atoms with Crippen LogP contribution < -0.4 is 14.8 Å². The Morgan fingerprint density at radius 2 is 1.84 bits per heavy atom. The Kier molecular flexibility index (Phi) is 5.42. The van der Waals surface area contributed by atoms with Crippen LogP contribution in [0.1, 0.15) is 23.4 Å². The monoisotopic (exact) mass is 452 g/mol. The zero-order valence-corrected chi connectivity index (χ0v) is 18.8. The molecule has 0 fully saturated rings. The summed E-state index contributed by atoms with van der Waals surface area (Å²) in [6, 6.07) is 13.2. The van der Waals surface area contributed by atoms with E-state index in [1.807, 2.05) is 42.5 Å². The highest BCUT2D eigenvalue weighted by Gasteiger charge is 2.15. The van der Waals surface area contributed by atoms with Crippen LogP contribution in [-0.2, 0) is 12.8 Å². The smallest absolute Gasteiger partial charge is 0.210 e. The van der Waals surface area contributed by atoms with Gasteiger partial charge >= 0.3 is 0 Å². The van der Waals surface area contributed by atoms with E-state index in [1.165, 1.54) is 23.4 Å². The van der Waals surface area contributed by atoms with Gasteiger partial charge in [-0.15, -0.1) is 0 Å². The van der Waals surface area contributed by atoms with E-state index in [4.69, 9.17) is 35.5 Å². The zero-order valence-electron chi connectivity index (χ0n) is 17.3. The van der Waals surface area contributed by atoms with Crippen LogP contribution in [0.5, 0.6) is 11.5 Å². The van der Waals surface area contributed by atoms with Crippen LogP contribution in [0.25, 0.3) is 22.3 Å². The summed E-state index contributed by atoms with van der Waals surface area (Å²) < 4.78 is 17.0. The Balaban J connectivity index is 1.70. The first kappa shape index (κ1) is 20.1. The Morgan fingerprint density at radius 1 is 1.00 bits per heavy atom. The minimum atomic E-state index is 0.636. The second kappa shape index (κ2) is 8.36. The van der Waals surface area contributed by atoms with Crippen LogP contribution in [0.4, 0.5) is 5.13 Å². The lowest BCUT2D eigenvalue weighted by Gasteiger charge is -2.10. The van der Waals surface area contributed by atoms with E-state index in [-0.39, 0.29) is 0 Å². The molecule has 0 aliphatic heterocycles. The molecule has 0 bridgehead atoms. The number of hydrogen-bond donors (Lipinski definition) is 0. The number of aryl methyl sites for hydroxylation is 2. The number of hydrogen-bond acceptors (Lipinski definition) is 6. The molecule has 0 amide bonds. The minimum absolute atomic E-state index is 0.636. The van der Waals surface area contributed by atoms with Gasteiger partial charge in [-0.2, -0.15) is 0 Å². The van der Waals surface area contributed by atoms with Crippen LogP contribution in [-0.4, -0.2) is 19.2 Å². The maximum atomic E-state index is 6.28. The highest BCUT2D eigenvalue weighted by Crippen LogP contribution is 2.34. The number of thiazole rings is 1. The quantitative estimate of drug-likeness (QED) is 0.362. The Bertz CT molecular complexity index is 1320. The fraction of sp³-hybridized carbons (Fsp3) is 0.250. The molecule has 1 aliphatic rings. The number of halogens is 1. The van der Waals surface area contributed by atoms with Crippen LogP contribution in [0, 0.1) is 0 Å². The number of ether oxygens (including phenoxy) is 2. The van der Waals surface area contributed by atoms with Gasteiger partial charge in [-0.3, -0.25) is 0 Å². The van der Waals surface area contributed by atoms with Gasteiger partial charge in [0, 0.05) is 26.9 Å². The van der Waals surface area contributed by atoms with E-state index in [1.54, 1.807) is 25.6 Å². The van der Waals surface area contributed by atoms with E-state index in [2.05, 4.69) is 0 Å². The van der Waals surface area contributed by atoms with E-state index in [0.29, 0.717) is 27.9 Å². The van der Waals surface area contributed by atoms with Crippen molar-refractivity contribution in [3.8, 4) is 22.8 Å². The molecule has 1 aliphatic carbocycles. The number of aromatic nitrogens is 1. The molecule has 2 aromatic carbocycles. The first-order chi connectivity index (χ1) is 15.1. The SMILES string of the molecule is COc1ccc(-c2cc(=Nc3nc4c(s3)CCCC4)c3cc(Cl)ccc3o2)cc1OC. The number of nitrogens with zero attached hydrogens (tertiary/aromatic N) is 2. The largest absolute Gasteiger partial charge is 0.493 e. The number of methoxy groups -OCH3 is 2. The van der Waals surface area contributed by atoms with Crippen molar-refractivity contribution in [2.24, 2.45) is 4.99 Å². The lowest BCUT2D eigenvalue weighted by molar-refractivity contribution is 0.355. The number of fused-ring (bicyclic) bond motifs is 2. The molecule has 31 heavy (non-hydrogen) atoms. The van der Waals surface area contributed by atoms with Gasteiger partial charge in [0.25, 0.3) is 0 Å². The first-order valence-corrected chi connectivity index (χ1v) is 11.3. The molecule has 0 atom stereocenters. The molecule has 7 heteroatoms. The third-order valence-corrected chi connectivity index (χ3v) is 6.71. The molecule has 0 unspecified atom stereocenters. The summed E-state index contributed by atoms with van der Waals surface area (Å²) >= 11 is 7.96. The van der Waals surface area contributed by atoms with Gasteiger partial charge in [-0.05, 0) is 62.1 Å². The van der Waals surface area contributed by atoms with Crippen molar-refractivity contribution in [2.75, 3.05) is 14.2 Å². The zero-order chi connectivity index (χ0) is 21.4. The first-order valence-electron chi connectivity index (χ1n) is 10.1. The topological polar surface area (TPSA) is 56.9 Å². The molecule has 4 aromatic rings. The molecule has 0 N–H and O–H groups in total. The molecule has 5 rings (SSSR count). The maximum Gasteiger partial charge on any atom is 0.210 e. The molecule has 0 spiro atoms. The normalized spacial score (nSPS) is 14.0. The summed E-state index contributed by atoms with van der Waals surface area (Å²) in [6.07, 6.45) is 4.55. The predicted molar refractivity (Wildman–Crippen MR) is 124 cm³/mol. The fourth-order valence-corrected chi connectivity index (χ4v) is 5.06. The van der Waals surface area contributed by atoms with E-state index in [0.717, 1.165) is 34.3 Å². The Morgan fingerprint density at radius 3 is 2.65 bits per heavy atom. The van der Waals surface area contributed by atoms with Crippen LogP contribution in [0.15, 0.2) is 51.9 Å². The molecule has 158 valence electrons. The average Bonchev–Trinajstić information content (AvgIpc) is 3.21. The predicted octanol–water partition coefficient (Wildman–Crippen LogP) is 6.34. The van der Waals surface area contributed by atoms with Gasteiger partial charge in [0.15, 0.2) is 11.5 Å². The Hall–Kier alpha value is -2.83. The highest BCUT2D eigenvalue weighted by atomic mass is 35.5.